The van der Waals surface area contributed by atoms with Crippen molar-refractivity contribution < 1.29 is 19.1 Å². The smallest absolute Gasteiger partial charge is 0.269 e. The van der Waals surface area contributed by atoms with E-state index in [4.69, 9.17) is 4.74 Å². The lowest BCUT2D eigenvalue weighted by Gasteiger charge is -2.33. The predicted molar refractivity (Wildman–Crippen MR) is 138 cm³/mol. The number of carbonyl (C=O) groups excluding carboxylic acids is 3. The number of para-hydroxylation sites is 1. The second-order valence-corrected chi connectivity index (χ2v) is 9.54. The van der Waals surface area contributed by atoms with Gasteiger partial charge in [-0.15, -0.1) is 11.8 Å². The highest BCUT2D eigenvalue weighted by Crippen LogP contribution is 2.55. The Hall–Kier alpha value is -3.78. The Morgan fingerprint density at radius 3 is 2.43 bits per heavy atom. The van der Waals surface area contributed by atoms with Crippen LogP contribution in [0.5, 0.6) is 5.75 Å². The Balaban J connectivity index is 1.47. The maximum atomic E-state index is 14.0. The number of methoxy groups -OCH3 is 1. The Morgan fingerprint density at radius 1 is 1.03 bits per heavy atom. The van der Waals surface area contributed by atoms with Crippen molar-refractivity contribution in [2.24, 2.45) is 0 Å². The molecule has 7 nitrogen and oxygen atoms in total. The first kappa shape index (κ1) is 23.0. The van der Waals surface area contributed by atoms with Gasteiger partial charge in [-0.3, -0.25) is 24.2 Å². The number of nitrogens with one attached hydrogen (secondary N) is 1. The van der Waals surface area contributed by atoms with E-state index in [1.54, 1.807) is 36.3 Å². The molecule has 35 heavy (non-hydrogen) atoms. The van der Waals surface area contributed by atoms with Crippen molar-refractivity contribution in [1.82, 2.24) is 0 Å². The van der Waals surface area contributed by atoms with E-state index >= 15 is 0 Å². The highest BCUT2D eigenvalue weighted by atomic mass is 32.2. The van der Waals surface area contributed by atoms with Gasteiger partial charge in [-0.1, -0.05) is 37.3 Å². The van der Waals surface area contributed by atoms with Gasteiger partial charge in [-0.05, 0) is 54.4 Å². The number of anilines is 3. The first-order valence-electron chi connectivity index (χ1n) is 11.4. The van der Waals surface area contributed by atoms with E-state index in [0.717, 1.165) is 6.42 Å². The maximum Gasteiger partial charge on any atom is 0.269 e. The molecular weight excluding hydrogens is 462 g/mol. The second-order valence-electron chi connectivity index (χ2n) is 8.37. The molecule has 1 atom stereocenters. The first-order valence-corrected chi connectivity index (χ1v) is 12.4. The zero-order valence-electron chi connectivity index (χ0n) is 19.5. The largest absolute Gasteiger partial charge is 0.497 e. The Bertz CT molecular complexity index is 1290. The zero-order valence-corrected chi connectivity index (χ0v) is 20.3. The fourth-order valence-electron chi connectivity index (χ4n) is 4.61. The van der Waals surface area contributed by atoms with E-state index in [-0.39, 0.29) is 30.0 Å². The predicted octanol–water partition coefficient (Wildman–Crippen LogP) is 4.18. The normalized spacial score (nSPS) is 18.8. The molecule has 0 unspecified atom stereocenters. The third-order valence-corrected chi connectivity index (χ3v) is 7.73. The monoisotopic (exact) mass is 487 g/mol. The van der Waals surface area contributed by atoms with E-state index in [1.165, 1.54) is 22.2 Å². The SMILES string of the molecule is CCc1ccc(NC(=O)CN2C(=O)[C@@]3(SCC(=O)N3c3ccc(OC)cc3)c3ccccc32)cc1. The Kier molecular flexibility index (Phi) is 5.98. The fourth-order valence-corrected chi connectivity index (χ4v) is 5.97. The van der Waals surface area contributed by atoms with Crippen LogP contribution in [0.25, 0.3) is 0 Å². The topological polar surface area (TPSA) is 79.0 Å². The molecule has 2 aliphatic heterocycles. The summed E-state index contributed by atoms with van der Waals surface area (Å²) in [6.45, 7) is 1.92. The number of thioether (sulfide) groups is 1. The lowest BCUT2D eigenvalue weighted by molar-refractivity contribution is -0.124. The minimum absolute atomic E-state index is 0.154. The van der Waals surface area contributed by atoms with Crippen molar-refractivity contribution >= 4 is 46.5 Å². The maximum absolute atomic E-state index is 14.0. The third-order valence-electron chi connectivity index (χ3n) is 6.34. The van der Waals surface area contributed by atoms with Gasteiger partial charge < -0.3 is 10.1 Å². The quantitative estimate of drug-likeness (QED) is 0.565. The minimum Gasteiger partial charge on any atom is -0.497 e. The molecule has 1 spiro atoms. The average Bonchev–Trinajstić information content (AvgIpc) is 3.35. The molecule has 1 N–H and O–H groups in total. The molecular formula is C27H25N3O4S. The van der Waals surface area contributed by atoms with Crippen LogP contribution < -0.4 is 19.9 Å². The van der Waals surface area contributed by atoms with Gasteiger partial charge in [0.2, 0.25) is 16.7 Å². The number of hydrogen-bond donors (Lipinski definition) is 1. The molecule has 3 aromatic rings. The zero-order chi connectivity index (χ0) is 24.6. The van der Waals surface area contributed by atoms with Gasteiger partial charge in [0, 0.05) is 16.9 Å². The molecule has 2 heterocycles. The molecule has 1 fully saturated rings. The summed E-state index contributed by atoms with van der Waals surface area (Å²) in [6, 6.07) is 22.1. The number of ether oxygens (including phenoxy) is 1. The van der Waals surface area contributed by atoms with Crippen LogP contribution in [-0.2, 0) is 25.7 Å². The molecule has 0 bridgehead atoms. The average molecular weight is 488 g/mol. The number of benzene rings is 3. The lowest BCUT2D eigenvalue weighted by atomic mass is 10.0. The van der Waals surface area contributed by atoms with Gasteiger partial charge in [0.05, 0.1) is 18.6 Å². The summed E-state index contributed by atoms with van der Waals surface area (Å²) in [6.07, 6.45) is 0.913. The molecule has 2 aliphatic rings. The number of fused-ring (bicyclic) bond motifs is 2. The van der Waals surface area contributed by atoms with Crippen molar-refractivity contribution in [2.75, 3.05) is 34.5 Å². The molecule has 0 saturated carbocycles. The number of amides is 3. The molecule has 0 aliphatic carbocycles. The third kappa shape index (κ3) is 3.83. The van der Waals surface area contributed by atoms with Crippen LogP contribution in [0.15, 0.2) is 72.8 Å². The Morgan fingerprint density at radius 2 is 1.74 bits per heavy atom. The number of rotatable bonds is 6. The summed E-state index contributed by atoms with van der Waals surface area (Å²) in [5, 5.41) is 2.88. The van der Waals surface area contributed by atoms with Gasteiger partial charge >= 0.3 is 0 Å². The summed E-state index contributed by atoms with van der Waals surface area (Å²) >= 11 is 1.29. The van der Waals surface area contributed by atoms with Crippen LogP contribution in [0.3, 0.4) is 0 Å². The number of carbonyl (C=O) groups is 3. The van der Waals surface area contributed by atoms with E-state index in [0.29, 0.717) is 28.4 Å². The van der Waals surface area contributed by atoms with Gasteiger partial charge in [-0.2, -0.15) is 0 Å². The molecule has 0 radical (unpaired) electrons. The van der Waals surface area contributed by atoms with E-state index in [1.807, 2.05) is 48.5 Å². The van der Waals surface area contributed by atoms with Gasteiger partial charge in [0.1, 0.15) is 12.3 Å². The second kappa shape index (κ2) is 9.11. The summed E-state index contributed by atoms with van der Waals surface area (Å²) in [5.41, 5.74) is 3.79. The summed E-state index contributed by atoms with van der Waals surface area (Å²) in [5.74, 6) is 0.0494. The molecule has 8 heteroatoms. The van der Waals surface area contributed by atoms with Crippen molar-refractivity contribution in [2.45, 2.75) is 18.2 Å². The standard InChI is InChI=1S/C27H25N3O4S/c1-3-18-8-10-19(11-9-18)28-24(31)16-29-23-7-5-4-6-22(23)27(26(29)33)30(25(32)17-35-27)20-12-14-21(34-2)15-13-20/h4-15H,3,16-17H2,1-2H3,(H,28,31)/t27-/m0/s1. The lowest BCUT2D eigenvalue weighted by Crippen LogP contribution is -2.50. The summed E-state index contributed by atoms with van der Waals surface area (Å²) in [4.78, 5) is 41.8. The van der Waals surface area contributed by atoms with Crippen LogP contribution in [0.4, 0.5) is 17.1 Å². The van der Waals surface area contributed by atoms with Crippen molar-refractivity contribution in [1.29, 1.82) is 0 Å². The van der Waals surface area contributed by atoms with Crippen LogP contribution in [0, 0.1) is 0 Å². The molecule has 3 amide bonds. The van der Waals surface area contributed by atoms with Crippen molar-refractivity contribution in [3.63, 3.8) is 0 Å². The number of aryl methyl sites for hydroxylation is 1. The summed E-state index contributed by atoms with van der Waals surface area (Å²) < 4.78 is 5.25. The summed E-state index contributed by atoms with van der Waals surface area (Å²) in [7, 11) is 1.57. The molecule has 178 valence electrons. The molecule has 5 rings (SSSR count). The van der Waals surface area contributed by atoms with Crippen molar-refractivity contribution in [3.05, 3.63) is 83.9 Å². The van der Waals surface area contributed by atoms with Crippen LogP contribution >= 0.6 is 11.8 Å². The molecule has 1 saturated heterocycles. The first-order chi connectivity index (χ1) is 17.0. The van der Waals surface area contributed by atoms with Gasteiger partial charge in [-0.25, -0.2) is 0 Å². The number of hydrogen-bond acceptors (Lipinski definition) is 5. The highest BCUT2D eigenvalue weighted by Gasteiger charge is 2.61. The fraction of sp³-hybridized carbons (Fsp3) is 0.222. The minimum atomic E-state index is -1.26. The Labute approximate surface area is 208 Å². The number of nitrogens with zero attached hydrogens (tertiary/aromatic N) is 2. The molecule has 3 aromatic carbocycles. The van der Waals surface area contributed by atoms with Crippen LogP contribution in [0.2, 0.25) is 0 Å². The molecule has 0 aromatic heterocycles. The van der Waals surface area contributed by atoms with Gasteiger partial charge in [0.25, 0.3) is 5.91 Å². The van der Waals surface area contributed by atoms with E-state index in [2.05, 4.69) is 12.2 Å². The van der Waals surface area contributed by atoms with Crippen LogP contribution in [-0.4, -0.2) is 37.1 Å². The van der Waals surface area contributed by atoms with E-state index in [9.17, 15) is 14.4 Å². The van der Waals surface area contributed by atoms with E-state index < -0.39 is 4.87 Å². The highest BCUT2D eigenvalue weighted by molar-refractivity contribution is 8.02. The van der Waals surface area contributed by atoms with Crippen LogP contribution in [0.1, 0.15) is 18.1 Å². The van der Waals surface area contributed by atoms with Gasteiger partial charge in [0.15, 0.2) is 0 Å². The van der Waals surface area contributed by atoms with Crippen molar-refractivity contribution in [3.8, 4) is 5.75 Å².